The molecule has 2 rings (SSSR count). The largest absolute Gasteiger partial charge is 0.454 e. The first-order chi connectivity index (χ1) is 7.29. The lowest BCUT2D eigenvalue weighted by molar-refractivity contribution is -0.116. The van der Waals surface area contributed by atoms with E-state index in [1.165, 1.54) is 0 Å². The maximum absolute atomic E-state index is 11.3. The molecule has 15 heavy (non-hydrogen) atoms. The lowest BCUT2D eigenvalue weighted by Gasteiger charge is -2.04. The summed E-state index contributed by atoms with van der Waals surface area (Å²) in [6.45, 7) is 2.22. The molecule has 1 aromatic carbocycles. The van der Waals surface area contributed by atoms with E-state index in [-0.39, 0.29) is 12.7 Å². The van der Waals surface area contributed by atoms with Crippen molar-refractivity contribution in [1.29, 1.82) is 0 Å². The van der Waals surface area contributed by atoms with Gasteiger partial charge >= 0.3 is 0 Å². The molecule has 0 unspecified atom stereocenters. The number of hydrogen-bond donors (Lipinski definition) is 1. The molecule has 0 aliphatic carbocycles. The van der Waals surface area contributed by atoms with Gasteiger partial charge in [-0.2, -0.15) is 0 Å². The number of amides is 1. The number of carbonyl (C=O) groups excluding carboxylic acids is 1. The summed E-state index contributed by atoms with van der Waals surface area (Å²) >= 11 is 0. The molecule has 0 saturated heterocycles. The summed E-state index contributed by atoms with van der Waals surface area (Å²) in [5.74, 6) is 1.43. The van der Waals surface area contributed by atoms with Crippen molar-refractivity contribution in [2.45, 2.75) is 19.8 Å². The zero-order valence-corrected chi connectivity index (χ0v) is 8.58. The Bertz CT molecular complexity index is 376. The monoisotopic (exact) mass is 207 g/mol. The Morgan fingerprint density at radius 3 is 3.00 bits per heavy atom. The fourth-order valence-corrected chi connectivity index (χ4v) is 1.42. The molecule has 0 atom stereocenters. The van der Waals surface area contributed by atoms with Gasteiger partial charge in [-0.1, -0.05) is 6.92 Å². The molecule has 0 radical (unpaired) electrons. The van der Waals surface area contributed by atoms with Crippen molar-refractivity contribution in [1.82, 2.24) is 0 Å². The lowest BCUT2D eigenvalue weighted by Crippen LogP contribution is -2.10. The third-order valence-corrected chi connectivity index (χ3v) is 2.13. The van der Waals surface area contributed by atoms with Gasteiger partial charge in [0.05, 0.1) is 0 Å². The van der Waals surface area contributed by atoms with Crippen molar-refractivity contribution < 1.29 is 14.3 Å². The minimum atomic E-state index is 0.0244. The van der Waals surface area contributed by atoms with Crippen LogP contribution in [0.15, 0.2) is 18.2 Å². The van der Waals surface area contributed by atoms with Crippen LogP contribution in [0, 0.1) is 0 Å². The minimum absolute atomic E-state index is 0.0244. The van der Waals surface area contributed by atoms with Gasteiger partial charge in [0.1, 0.15) is 0 Å². The SMILES string of the molecule is CCCC(=O)Nc1ccc2c(c1)OCO2. The van der Waals surface area contributed by atoms with Crippen molar-refractivity contribution in [3.05, 3.63) is 18.2 Å². The number of hydrogen-bond acceptors (Lipinski definition) is 3. The molecule has 1 amide bonds. The highest BCUT2D eigenvalue weighted by Gasteiger charge is 2.13. The van der Waals surface area contributed by atoms with E-state index < -0.39 is 0 Å². The van der Waals surface area contributed by atoms with Crippen molar-refractivity contribution in [3.63, 3.8) is 0 Å². The highest BCUT2D eigenvalue weighted by atomic mass is 16.7. The van der Waals surface area contributed by atoms with Crippen molar-refractivity contribution in [3.8, 4) is 11.5 Å². The maximum Gasteiger partial charge on any atom is 0.231 e. The molecule has 0 aromatic heterocycles. The quantitative estimate of drug-likeness (QED) is 0.826. The molecule has 0 fully saturated rings. The second kappa shape index (κ2) is 4.21. The van der Waals surface area contributed by atoms with E-state index in [9.17, 15) is 4.79 Å². The van der Waals surface area contributed by atoms with Gasteiger partial charge < -0.3 is 14.8 Å². The van der Waals surface area contributed by atoms with Gasteiger partial charge in [0.2, 0.25) is 12.7 Å². The minimum Gasteiger partial charge on any atom is -0.454 e. The fourth-order valence-electron chi connectivity index (χ4n) is 1.42. The predicted octanol–water partition coefficient (Wildman–Crippen LogP) is 2.15. The summed E-state index contributed by atoms with van der Waals surface area (Å²) in [5.41, 5.74) is 0.748. The summed E-state index contributed by atoms with van der Waals surface area (Å²) in [6.07, 6.45) is 1.38. The molecule has 0 spiro atoms. The van der Waals surface area contributed by atoms with Crippen LogP contribution >= 0.6 is 0 Å². The second-order valence-electron chi connectivity index (χ2n) is 3.37. The Morgan fingerprint density at radius 1 is 1.40 bits per heavy atom. The third-order valence-electron chi connectivity index (χ3n) is 2.13. The number of anilines is 1. The Hall–Kier alpha value is -1.71. The predicted molar refractivity (Wildman–Crippen MR) is 56.1 cm³/mol. The zero-order valence-electron chi connectivity index (χ0n) is 8.58. The average molecular weight is 207 g/mol. The number of ether oxygens (including phenoxy) is 2. The number of rotatable bonds is 3. The molecule has 0 saturated carbocycles. The second-order valence-corrected chi connectivity index (χ2v) is 3.37. The molecule has 1 N–H and O–H groups in total. The molecule has 4 nitrogen and oxygen atoms in total. The lowest BCUT2D eigenvalue weighted by atomic mass is 10.2. The molecule has 4 heteroatoms. The Morgan fingerprint density at radius 2 is 2.20 bits per heavy atom. The zero-order chi connectivity index (χ0) is 10.7. The molecule has 1 aliphatic rings. The number of benzene rings is 1. The van der Waals surface area contributed by atoms with Crippen LogP contribution in [0.4, 0.5) is 5.69 Å². The van der Waals surface area contributed by atoms with Crippen LogP contribution < -0.4 is 14.8 Å². The molecule has 1 heterocycles. The van der Waals surface area contributed by atoms with E-state index in [1.807, 2.05) is 6.92 Å². The standard InChI is InChI=1S/C11H13NO3/c1-2-3-11(13)12-8-4-5-9-10(6-8)15-7-14-9/h4-6H,2-3,7H2,1H3,(H,12,13). The summed E-state index contributed by atoms with van der Waals surface area (Å²) in [5, 5.41) is 2.80. The van der Waals surface area contributed by atoms with Crippen molar-refractivity contribution in [2.75, 3.05) is 12.1 Å². The first-order valence-electron chi connectivity index (χ1n) is 4.99. The van der Waals surface area contributed by atoms with Crippen molar-refractivity contribution in [2.24, 2.45) is 0 Å². The summed E-state index contributed by atoms with van der Waals surface area (Å²) in [7, 11) is 0. The Labute approximate surface area is 88.2 Å². The molecular formula is C11H13NO3. The normalized spacial score (nSPS) is 12.6. The molecule has 1 aromatic rings. The molecular weight excluding hydrogens is 194 g/mol. The van der Waals surface area contributed by atoms with E-state index >= 15 is 0 Å². The van der Waals surface area contributed by atoms with Gasteiger partial charge in [0.25, 0.3) is 0 Å². The van der Waals surface area contributed by atoms with E-state index in [1.54, 1.807) is 18.2 Å². The van der Waals surface area contributed by atoms with Crippen LogP contribution in [0.2, 0.25) is 0 Å². The highest BCUT2D eigenvalue weighted by Crippen LogP contribution is 2.34. The number of fused-ring (bicyclic) bond motifs is 1. The molecule has 80 valence electrons. The van der Waals surface area contributed by atoms with Crippen LogP contribution in [0.25, 0.3) is 0 Å². The van der Waals surface area contributed by atoms with Crippen LogP contribution in [-0.4, -0.2) is 12.7 Å². The summed E-state index contributed by atoms with van der Waals surface area (Å²) < 4.78 is 10.4. The van der Waals surface area contributed by atoms with E-state index in [0.29, 0.717) is 12.2 Å². The van der Waals surface area contributed by atoms with Crippen LogP contribution in [0.3, 0.4) is 0 Å². The maximum atomic E-state index is 11.3. The van der Waals surface area contributed by atoms with Gasteiger partial charge in [0, 0.05) is 18.2 Å². The summed E-state index contributed by atoms with van der Waals surface area (Å²) in [4.78, 5) is 11.3. The Balaban J connectivity index is 2.06. The van der Waals surface area contributed by atoms with E-state index in [0.717, 1.165) is 17.9 Å². The van der Waals surface area contributed by atoms with Gasteiger partial charge in [-0.15, -0.1) is 0 Å². The molecule has 0 bridgehead atoms. The van der Waals surface area contributed by atoms with E-state index in [4.69, 9.17) is 9.47 Å². The fraction of sp³-hybridized carbons (Fsp3) is 0.364. The van der Waals surface area contributed by atoms with Crippen molar-refractivity contribution >= 4 is 11.6 Å². The van der Waals surface area contributed by atoms with Crippen LogP contribution in [-0.2, 0) is 4.79 Å². The number of nitrogens with one attached hydrogen (secondary N) is 1. The molecule has 1 aliphatic heterocycles. The first kappa shape index (κ1) is 9.83. The summed E-state index contributed by atoms with van der Waals surface area (Å²) in [6, 6.07) is 5.38. The van der Waals surface area contributed by atoms with Crippen LogP contribution in [0.5, 0.6) is 11.5 Å². The third kappa shape index (κ3) is 2.21. The highest BCUT2D eigenvalue weighted by molar-refractivity contribution is 5.91. The Kier molecular flexibility index (Phi) is 2.76. The average Bonchev–Trinajstić information content (AvgIpc) is 2.65. The topological polar surface area (TPSA) is 47.6 Å². The van der Waals surface area contributed by atoms with Gasteiger partial charge in [-0.3, -0.25) is 4.79 Å². The van der Waals surface area contributed by atoms with Gasteiger partial charge in [-0.25, -0.2) is 0 Å². The van der Waals surface area contributed by atoms with Gasteiger partial charge in [-0.05, 0) is 18.6 Å². The van der Waals surface area contributed by atoms with Gasteiger partial charge in [0.15, 0.2) is 11.5 Å². The smallest absolute Gasteiger partial charge is 0.231 e. The van der Waals surface area contributed by atoms with E-state index in [2.05, 4.69) is 5.32 Å². The first-order valence-corrected chi connectivity index (χ1v) is 4.99. The number of carbonyl (C=O) groups is 1. The van der Waals surface area contributed by atoms with Crippen LogP contribution in [0.1, 0.15) is 19.8 Å².